The van der Waals surface area contributed by atoms with Crippen molar-refractivity contribution < 1.29 is 4.79 Å². The van der Waals surface area contributed by atoms with E-state index >= 15 is 0 Å². The summed E-state index contributed by atoms with van der Waals surface area (Å²) in [4.78, 5) is 15.9. The summed E-state index contributed by atoms with van der Waals surface area (Å²) in [5.74, 6) is -0.123. The Kier molecular flexibility index (Phi) is 4.81. The Morgan fingerprint density at radius 2 is 2.04 bits per heavy atom. The molecule has 0 spiro atoms. The molecule has 0 fully saturated rings. The zero-order chi connectivity index (χ0) is 16.8. The van der Waals surface area contributed by atoms with Gasteiger partial charge in [0.05, 0.1) is 5.69 Å². The summed E-state index contributed by atoms with van der Waals surface area (Å²) in [7, 11) is 0. The number of amides is 1. The van der Waals surface area contributed by atoms with Crippen molar-refractivity contribution in [2.24, 2.45) is 0 Å². The van der Waals surface area contributed by atoms with Gasteiger partial charge in [0, 0.05) is 42.3 Å². The minimum absolute atomic E-state index is 0.123. The third-order valence-corrected chi connectivity index (χ3v) is 3.46. The molecule has 24 heavy (non-hydrogen) atoms. The fourth-order valence-electron chi connectivity index (χ4n) is 2.35. The molecule has 0 saturated heterocycles. The Labute approximate surface area is 140 Å². The molecule has 5 nitrogen and oxygen atoms in total. The van der Waals surface area contributed by atoms with Crippen LogP contribution in [0.2, 0.25) is 0 Å². The molecule has 0 radical (unpaired) electrons. The summed E-state index contributed by atoms with van der Waals surface area (Å²) >= 11 is 0. The Balaban J connectivity index is 2.02. The van der Waals surface area contributed by atoms with Crippen molar-refractivity contribution in [3.63, 3.8) is 0 Å². The molecule has 5 heteroatoms. The number of hydrogen-bond donors (Lipinski definition) is 1. The SMILES string of the molecule is CCNC(=O)/C=C/c1cn(-c2ccccc2)nc1-c1cccnc1. The van der Waals surface area contributed by atoms with Crippen LogP contribution in [0.3, 0.4) is 0 Å². The third kappa shape index (κ3) is 3.57. The minimum atomic E-state index is -0.123. The molecule has 3 rings (SSSR count). The van der Waals surface area contributed by atoms with Crippen LogP contribution in [0.5, 0.6) is 0 Å². The molecule has 0 aliphatic heterocycles. The highest BCUT2D eigenvalue weighted by Crippen LogP contribution is 2.24. The number of carbonyl (C=O) groups is 1. The van der Waals surface area contributed by atoms with E-state index in [2.05, 4.69) is 15.4 Å². The number of hydrogen-bond acceptors (Lipinski definition) is 3. The van der Waals surface area contributed by atoms with E-state index in [0.29, 0.717) is 6.54 Å². The van der Waals surface area contributed by atoms with E-state index in [9.17, 15) is 4.79 Å². The fraction of sp³-hybridized carbons (Fsp3) is 0.105. The van der Waals surface area contributed by atoms with Crippen molar-refractivity contribution in [1.29, 1.82) is 0 Å². The first kappa shape index (κ1) is 15.7. The zero-order valence-corrected chi connectivity index (χ0v) is 13.4. The highest BCUT2D eigenvalue weighted by Gasteiger charge is 2.10. The number of nitrogens with one attached hydrogen (secondary N) is 1. The number of rotatable bonds is 5. The molecule has 0 saturated carbocycles. The second-order valence-electron chi connectivity index (χ2n) is 5.18. The van der Waals surface area contributed by atoms with E-state index in [4.69, 9.17) is 0 Å². The van der Waals surface area contributed by atoms with E-state index in [1.165, 1.54) is 6.08 Å². The minimum Gasteiger partial charge on any atom is -0.353 e. The third-order valence-electron chi connectivity index (χ3n) is 3.46. The summed E-state index contributed by atoms with van der Waals surface area (Å²) in [5, 5.41) is 7.42. The van der Waals surface area contributed by atoms with Gasteiger partial charge in [-0.25, -0.2) is 4.68 Å². The number of carbonyl (C=O) groups excluding carboxylic acids is 1. The maximum Gasteiger partial charge on any atom is 0.243 e. The molecule has 2 heterocycles. The van der Waals surface area contributed by atoms with Gasteiger partial charge in [-0.05, 0) is 37.3 Å². The number of para-hydroxylation sites is 1. The lowest BCUT2D eigenvalue weighted by atomic mass is 10.1. The number of nitrogens with zero attached hydrogens (tertiary/aromatic N) is 3. The van der Waals surface area contributed by atoms with Crippen LogP contribution in [-0.2, 0) is 4.79 Å². The smallest absolute Gasteiger partial charge is 0.243 e. The molecule has 0 aliphatic carbocycles. The van der Waals surface area contributed by atoms with Crippen molar-refractivity contribution in [3.05, 3.63) is 72.7 Å². The van der Waals surface area contributed by atoms with Crippen molar-refractivity contribution in [2.75, 3.05) is 6.54 Å². The molecule has 2 aromatic heterocycles. The molecule has 0 unspecified atom stereocenters. The van der Waals surface area contributed by atoms with Gasteiger partial charge in [-0.1, -0.05) is 18.2 Å². The first-order chi connectivity index (χ1) is 11.8. The quantitative estimate of drug-likeness (QED) is 0.735. The average molecular weight is 318 g/mol. The molecule has 120 valence electrons. The van der Waals surface area contributed by atoms with Crippen molar-refractivity contribution in [2.45, 2.75) is 6.92 Å². The van der Waals surface area contributed by atoms with Gasteiger partial charge in [0.2, 0.25) is 5.91 Å². The first-order valence-corrected chi connectivity index (χ1v) is 7.79. The molecule has 0 atom stereocenters. The standard InChI is InChI=1S/C19H18N4O/c1-2-21-18(24)11-10-16-14-23(17-8-4-3-5-9-17)22-19(16)15-7-6-12-20-13-15/h3-14H,2H2,1H3,(H,21,24)/b11-10+. The fourth-order valence-corrected chi connectivity index (χ4v) is 2.35. The molecule has 3 aromatic rings. The maximum absolute atomic E-state index is 11.7. The van der Waals surface area contributed by atoms with Gasteiger partial charge in [0.1, 0.15) is 5.69 Å². The van der Waals surface area contributed by atoms with E-state index in [1.807, 2.05) is 55.6 Å². The van der Waals surface area contributed by atoms with Gasteiger partial charge >= 0.3 is 0 Å². The lowest BCUT2D eigenvalue weighted by molar-refractivity contribution is -0.116. The highest BCUT2D eigenvalue weighted by molar-refractivity contribution is 5.92. The summed E-state index contributed by atoms with van der Waals surface area (Å²) < 4.78 is 1.81. The van der Waals surface area contributed by atoms with E-state index < -0.39 is 0 Å². The normalized spacial score (nSPS) is 10.9. The summed E-state index contributed by atoms with van der Waals surface area (Å²) in [6, 6.07) is 13.7. The molecule has 0 aliphatic rings. The van der Waals surface area contributed by atoms with Gasteiger partial charge in [-0.3, -0.25) is 9.78 Å². The second kappa shape index (κ2) is 7.37. The number of likely N-dealkylation sites (N-methyl/N-ethyl adjacent to an activating group) is 1. The average Bonchev–Trinajstić information content (AvgIpc) is 3.06. The van der Waals surface area contributed by atoms with E-state index in [0.717, 1.165) is 22.5 Å². The molecular formula is C19H18N4O. The molecule has 1 amide bonds. The summed E-state index contributed by atoms with van der Waals surface area (Å²) in [6.45, 7) is 2.49. The van der Waals surface area contributed by atoms with Crippen LogP contribution in [0.15, 0.2) is 67.1 Å². The summed E-state index contributed by atoms with van der Waals surface area (Å²) in [5.41, 5.74) is 3.51. The predicted octanol–water partition coefficient (Wildman–Crippen LogP) is 3.08. The molecule has 1 aromatic carbocycles. The number of benzene rings is 1. The van der Waals surface area contributed by atoms with Gasteiger partial charge in [0.15, 0.2) is 0 Å². The topological polar surface area (TPSA) is 59.8 Å². The van der Waals surface area contributed by atoms with Crippen LogP contribution in [0.4, 0.5) is 0 Å². The van der Waals surface area contributed by atoms with Crippen LogP contribution >= 0.6 is 0 Å². The van der Waals surface area contributed by atoms with Gasteiger partial charge < -0.3 is 5.32 Å². The van der Waals surface area contributed by atoms with Gasteiger partial charge in [-0.2, -0.15) is 5.10 Å². The molecule has 0 bridgehead atoms. The van der Waals surface area contributed by atoms with Crippen molar-refractivity contribution in [3.8, 4) is 16.9 Å². The van der Waals surface area contributed by atoms with Crippen molar-refractivity contribution in [1.82, 2.24) is 20.1 Å². The van der Waals surface area contributed by atoms with Crippen LogP contribution < -0.4 is 5.32 Å². The van der Waals surface area contributed by atoms with Crippen LogP contribution in [0.25, 0.3) is 23.0 Å². The first-order valence-electron chi connectivity index (χ1n) is 7.79. The Morgan fingerprint density at radius 1 is 1.21 bits per heavy atom. The lowest BCUT2D eigenvalue weighted by Gasteiger charge is -1.99. The Bertz CT molecular complexity index is 838. The van der Waals surface area contributed by atoms with E-state index in [-0.39, 0.29) is 5.91 Å². The number of pyridine rings is 1. The number of aromatic nitrogens is 3. The van der Waals surface area contributed by atoms with E-state index in [1.54, 1.807) is 23.2 Å². The molecular weight excluding hydrogens is 300 g/mol. The lowest BCUT2D eigenvalue weighted by Crippen LogP contribution is -2.19. The Morgan fingerprint density at radius 3 is 2.75 bits per heavy atom. The van der Waals surface area contributed by atoms with Gasteiger partial charge in [-0.15, -0.1) is 0 Å². The molecule has 1 N–H and O–H groups in total. The Hall–Kier alpha value is -3.21. The van der Waals surface area contributed by atoms with Crippen LogP contribution in [0, 0.1) is 0 Å². The largest absolute Gasteiger partial charge is 0.353 e. The maximum atomic E-state index is 11.7. The predicted molar refractivity (Wildman–Crippen MR) is 94.5 cm³/mol. The zero-order valence-electron chi connectivity index (χ0n) is 13.4. The van der Waals surface area contributed by atoms with Crippen LogP contribution in [0.1, 0.15) is 12.5 Å². The van der Waals surface area contributed by atoms with Gasteiger partial charge in [0.25, 0.3) is 0 Å². The van der Waals surface area contributed by atoms with Crippen molar-refractivity contribution >= 4 is 12.0 Å². The summed E-state index contributed by atoms with van der Waals surface area (Å²) in [6.07, 6.45) is 8.70. The second-order valence-corrected chi connectivity index (χ2v) is 5.18. The highest BCUT2D eigenvalue weighted by atomic mass is 16.1. The van der Waals surface area contributed by atoms with Crippen LogP contribution in [-0.4, -0.2) is 27.2 Å². The monoisotopic (exact) mass is 318 g/mol.